The second kappa shape index (κ2) is 7.55. The molecule has 0 saturated carbocycles. The zero-order valence-electron chi connectivity index (χ0n) is 11.5. The number of amides is 1. The molecule has 110 valence electrons. The number of carbonyl (C=O) groups excluding carboxylic acids is 1. The number of carbonyl (C=O) groups is 1. The highest BCUT2D eigenvalue weighted by atomic mass is 35.5. The molecule has 21 heavy (non-hydrogen) atoms. The molecule has 0 heterocycles. The fourth-order valence-corrected chi connectivity index (χ4v) is 1.90. The molecule has 0 radical (unpaired) electrons. The largest absolute Gasteiger partial charge is 0.494 e. The molecule has 0 saturated heterocycles. The zero-order chi connectivity index (χ0) is 15.1. The van der Waals surface area contributed by atoms with E-state index in [2.05, 4.69) is 5.32 Å². The average molecular weight is 305 g/mol. The number of nitrogen functional groups attached to an aromatic ring is 1. The number of nitrogens with two attached hydrogens (primary N) is 1. The van der Waals surface area contributed by atoms with Gasteiger partial charge in [0.2, 0.25) is 5.91 Å². The van der Waals surface area contributed by atoms with Crippen molar-refractivity contribution in [3.8, 4) is 5.75 Å². The fourth-order valence-electron chi connectivity index (χ4n) is 1.78. The van der Waals surface area contributed by atoms with Crippen LogP contribution in [0.25, 0.3) is 0 Å². The van der Waals surface area contributed by atoms with Gasteiger partial charge in [-0.05, 0) is 42.8 Å². The Morgan fingerprint density at radius 3 is 2.57 bits per heavy atom. The standard InChI is InChI=1S/C16H17ClN2O2/c17-12-7-9-13(10-8-12)21-11-3-6-16(20)19-15-5-2-1-4-14(15)18/h1-2,4-5,7-10H,3,6,11,18H2,(H,19,20). The van der Waals surface area contributed by atoms with Gasteiger partial charge in [0.05, 0.1) is 18.0 Å². The van der Waals surface area contributed by atoms with Crippen molar-refractivity contribution in [2.45, 2.75) is 12.8 Å². The highest BCUT2D eigenvalue weighted by Gasteiger charge is 2.04. The first-order valence-electron chi connectivity index (χ1n) is 6.68. The Bertz CT molecular complexity index is 599. The smallest absolute Gasteiger partial charge is 0.224 e. The lowest BCUT2D eigenvalue weighted by molar-refractivity contribution is -0.116. The number of hydrogen-bond donors (Lipinski definition) is 2. The third kappa shape index (κ3) is 5.00. The van der Waals surface area contributed by atoms with Crippen molar-refractivity contribution in [3.05, 3.63) is 53.6 Å². The fraction of sp³-hybridized carbons (Fsp3) is 0.188. The minimum absolute atomic E-state index is 0.0763. The van der Waals surface area contributed by atoms with Gasteiger partial charge in [-0.25, -0.2) is 0 Å². The molecule has 5 heteroatoms. The molecule has 2 rings (SSSR count). The van der Waals surface area contributed by atoms with Crippen molar-refractivity contribution in [2.75, 3.05) is 17.7 Å². The molecule has 2 aromatic carbocycles. The summed E-state index contributed by atoms with van der Waals surface area (Å²) in [7, 11) is 0. The van der Waals surface area contributed by atoms with Crippen LogP contribution in [0.15, 0.2) is 48.5 Å². The van der Waals surface area contributed by atoms with E-state index in [1.54, 1.807) is 36.4 Å². The average Bonchev–Trinajstić information content (AvgIpc) is 2.48. The Kier molecular flexibility index (Phi) is 5.46. The van der Waals surface area contributed by atoms with E-state index >= 15 is 0 Å². The number of ether oxygens (including phenoxy) is 1. The van der Waals surface area contributed by atoms with Gasteiger partial charge in [-0.3, -0.25) is 4.79 Å². The maximum atomic E-state index is 11.8. The lowest BCUT2D eigenvalue weighted by Crippen LogP contribution is -2.13. The molecule has 0 atom stereocenters. The van der Waals surface area contributed by atoms with Crippen LogP contribution < -0.4 is 15.8 Å². The molecule has 0 aliphatic heterocycles. The van der Waals surface area contributed by atoms with Gasteiger partial charge in [0.15, 0.2) is 0 Å². The van der Waals surface area contributed by atoms with Crippen molar-refractivity contribution in [1.82, 2.24) is 0 Å². The molecule has 0 aromatic heterocycles. The quantitative estimate of drug-likeness (QED) is 0.631. The number of para-hydroxylation sites is 2. The summed E-state index contributed by atoms with van der Waals surface area (Å²) in [5.41, 5.74) is 6.96. The van der Waals surface area contributed by atoms with Gasteiger partial charge in [0.25, 0.3) is 0 Å². The van der Waals surface area contributed by atoms with Crippen LogP contribution in [0.4, 0.5) is 11.4 Å². The zero-order valence-corrected chi connectivity index (χ0v) is 12.3. The van der Waals surface area contributed by atoms with Gasteiger partial charge in [0.1, 0.15) is 5.75 Å². The van der Waals surface area contributed by atoms with Crippen molar-refractivity contribution in [2.24, 2.45) is 0 Å². The predicted octanol–water partition coefficient (Wildman–Crippen LogP) is 3.72. The van der Waals surface area contributed by atoms with Crippen LogP contribution in [0.1, 0.15) is 12.8 Å². The highest BCUT2D eigenvalue weighted by molar-refractivity contribution is 6.30. The van der Waals surface area contributed by atoms with Crippen LogP contribution in [0, 0.1) is 0 Å². The SMILES string of the molecule is Nc1ccccc1NC(=O)CCCOc1ccc(Cl)cc1. The Labute approximate surface area is 128 Å². The van der Waals surface area contributed by atoms with E-state index in [1.807, 2.05) is 12.1 Å². The topological polar surface area (TPSA) is 64.3 Å². The van der Waals surface area contributed by atoms with Crippen molar-refractivity contribution < 1.29 is 9.53 Å². The number of hydrogen-bond acceptors (Lipinski definition) is 3. The van der Waals surface area contributed by atoms with Gasteiger partial charge >= 0.3 is 0 Å². The van der Waals surface area contributed by atoms with E-state index in [0.29, 0.717) is 35.8 Å². The van der Waals surface area contributed by atoms with Gasteiger partial charge in [-0.1, -0.05) is 23.7 Å². The monoisotopic (exact) mass is 304 g/mol. The van der Waals surface area contributed by atoms with Crippen LogP contribution in [0.2, 0.25) is 5.02 Å². The third-order valence-electron chi connectivity index (χ3n) is 2.87. The third-order valence-corrected chi connectivity index (χ3v) is 3.12. The van der Waals surface area contributed by atoms with Crippen LogP contribution in [0.5, 0.6) is 5.75 Å². The molecule has 0 aliphatic rings. The molecule has 2 aromatic rings. The molecule has 0 aliphatic carbocycles. The molecule has 1 amide bonds. The second-order valence-corrected chi connectivity index (χ2v) is 4.98. The van der Waals surface area contributed by atoms with E-state index in [0.717, 1.165) is 5.75 Å². The Morgan fingerprint density at radius 1 is 1.14 bits per heavy atom. The van der Waals surface area contributed by atoms with E-state index < -0.39 is 0 Å². The summed E-state index contributed by atoms with van der Waals surface area (Å²) >= 11 is 5.79. The summed E-state index contributed by atoms with van der Waals surface area (Å²) in [5, 5.41) is 3.45. The summed E-state index contributed by atoms with van der Waals surface area (Å²) in [6.07, 6.45) is 1.00. The van der Waals surface area contributed by atoms with E-state index in [1.165, 1.54) is 0 Å². The first kappa shape index (κ1) is 15.2. The van der Waals surface area contributed by atoms with E-state index in [-0.39, 0.29) is 5.91 Å². The second-order valence-electron chi connectivity index (χ2n) is 4.54. The van der Waals surface area contributed by atoms with Crippen LogP contribution >= 0.6 is 11.6 Å². The van der Waals surface area contributed by atoms with Gasteiger partial charge in [-0.2, -0.15) is 0 Å². The summed E-state index contributed by atoms with van der Waals surface area (Å²) in [5.74, 6) is 0.666. The molecule has 0 bridgehead atoms. The van der Waals surface area contributed by atoms with Gasteiger partial charge < -0.3 is 15.8 Å². The summed E-state index contributed by atoms with van der Waals surface area (Å²) in [6.45, 7) is 0.472. The number of rotatable bonds is 6. The molecule has 3 N–H and O–H groups in total. The normalized spacial score (nSPS) is 10.1. The predicted molar refractivity (Wildman–Crippen MR) is 85.7 cm³/mol. The molecular formula is C16H17ClN2O2. The summed E-state index contributed by atoms with van der Waals surface area (Å²) in [6, 6.07) is 14.3. The molecule has 0 fully saturated rings. The summed E-state index contributed by atoms with van der Waals surface area (Å²) < 4.78 is 5.52. The Morgan fingerprint density at radius 2 is 1.86 bits per heavy atom. The number of anilines is 2. The van der Waals surface area contributed by atoms with Gasteiger partial charge in [-0.15, -0.1) is 0 Å². The van der Waals surface area contributed by atoms with Crippen molar-refractivity contribution in [3.63, 3.8) is 0 Å². The number of nitrogens with one attached hydrogen (secondary N) is 1. The first-order chi connectivity index (χ1) is 10.1. The molecule has 0 spiro atoms. The molecular weight excluding hydrogens is 288 g/mol. The minimum Gasteiger partial charge on any atom is -0.494 e. The van der Waals surface area contributed by atoms with Crippen molar-refractivity contribution >= 4 is 28.9 Å². The van der Waals surface area contributed by atoms with Crippen LogP contribution in [-0.2, 0) is 4.79 Å². The number of benzene rings is 2. The maximum absolute atomic E-state index is 11.8. The lowest BCUT2D eigenvalue weighted by Gasteiger charge is -2.08. The molecule has 4 nitrogen and oxygen atoms in total. The Hall–Kier alpha value is -2.20. The first-order valence-corrected chi connectivity index (χ1v) is 7.05. The lowest BCUT2D eigenvalue weighted by atomic mass is 10.2. The Balaban J connectivity index is 1.70. The van der Waals surface area contributed by atoms with Crippen LogP contribution in [-0.4, -0.2) is 12.5 Å². The number of halogens is 1. The maximum Gasteiger partial charge on any atom is 0.224 e. The van der Waals surface area contributed by atoms with Crippen molar-refractivity contribution in [1.29, 1.82) is 0 Å². The van der Waals surface area contributed by atoms with Gasteiger partial charge in [0, 0.05) is 11.4 Å². The highest BCUT2D eigenvalue weighted by Crippen LogP contribution is 2.17. The summed E-state index contributed by atoms with van der Waals surface area (Å²) in [4.78, 5) is 11.8. The van der Waals surface area contributed by atoms with E-state index in [9.17, 15) is 4.79 Å². The minimum atomic E-state index is -0.0763. The van der Waals surface area contributed by atoms with Crippen LogP contribution in [0.3, 0.4) is 0 Å². The van der Waals surface area contributed by atoms with E-state index in [4.69, 9.17) is 22.1 Å². The molecule has 0 unspecified atom stereocenters.